The first kappa shape index (κ1) is 69.2. The molecule has 420 valence electrons. The highest BCUT2D eigenvalue weighted by atomic mass is 16.6. The summed E-state index contributed by atoms with van der Waals surface area (Å²) in [6.07, 6.45) is 70.8. The molecule has 0 aromatic heterocycles. The summed E-state index contributed by atoms with van der Waals surface area (Å²) < 4.78 is 16.9. The molecule has 0 aliphatic rings. The van der Waals surface area contributed by atoms with Gasteiger partial charge >= 0.3 is 17.9 Å². The van der Waals surface area contributed by atoms with Crippen LogP contribution < -0.4 is 0 Å². The molecule has 1 unspecified atom stereocenters. The third-order valence-electron chi connectivity index (χ3n) is 14.8. The van der Waals surface area contributed by atoms with Gasteiger partial charge in [-0.3, -0.25) is 14.4 Å². The molecule has 0 radical (unpaired) electrons. The lowest BCUT2D eigenvalue weighted by Crippen LogP contribution is -2.30. The van der Waals surface area contributed by atoms with Crippen LogP contribution in [-0.4, -0.2) is 37.2 Å². The van der Waals surface area contributed by atoms with E-state index in [1.165, 1.54) is 263 Å². The number of hydrogen-bond acceptors (Lipinski definition) is 6. The average molecular weight is 1000 g/mol. The van der Waals surface area contributed by atoms with E-state index < -0.39 is 6.10 Å². The Morgan fingerprint density at radius 2 is 0.465 bits per heavy atom. The molecule has 0 saturated carbocycles. The number of esters is 3. The molecule has 0 bridgehead atoms. The van der Waals surface area contributed by atoms with Gasteiger partial charge in [-0.2, -0.15) is 0 Å². The largest absolute Gasteiger partial charge is 0.462 e. The Morgan fingerprint density at radius 1 is 0.268 bits per heavy atom. The number of rotatable bonds is 60. The minimum absolute atomic E-state index is 0.0661. The van der Waals surface area contributed by atoms with Crippen LogP contribution in [0.4, 0.5) is 0 Å². The molecule has 0 spiro atoms. The molecule has 0 fully saturated rings. The molecule has 0 aromatic carbocycles. The van der Waals surface area contributed by atoms with Crippen LogP contribution in [0.15, 0.2) is 12.2 Å². The normalized spacial score (nSPS) is 12.0. The van der Waals surface area contributed by atoms with E-state index in [9.17, 15) is 14.4 Å². The Balaban J connectivity index is 4.19. The van der Waals surface area contributed by atoms with Gasteiger partial charge in [-0.05, 0) is 44.9 Å². The van der Waals surface area contributed by atoms with E-state index in [1.807, 2.05) is 0 Å². The molecule has 0 amide bonds. The molecule has 0 rings (SSSR count). The second-order valence-corrected chi connectivity index (χ2v) is 22.0. The first-order valence-electron chi connectivity index (χ1n) is 32.2. The van der Waals surface area contributed by atoms with Gasteiger partial charge in [-0.25, -0.2) is 0 Å². The molecule has 6 heteroatoms. The van der Waals surface area contributed by atoms with Gasteiger partial charge < -0.3 is 14.2 Å². The van der Waals surface area contributed by atoms with Crippen molar-refractivity contribution in [2.75, 3.05) is 13.2 Å². The molecule has 0 aromatic rings. The van der Waals surface area contributed by atoms with Crippen molar-refractivity contribution >= 4 is 17.9 Å². The molecular weight excluding hydrogens is 877 g/mol. The topological polar surface area (TPSA) is 78.9 Å². The van der Waals surface area contributed by atoms with Gasteiger partial charge in [0.15, 0.2) is 6.10 Å². The van der Waals surface area contributed by atoms with E-state index in [2.05, 4.69) is 32.9 Å². The fourth-order valence-corrected chi connectivity index (χ4v) is 9.91. The van der Waals surface area contributed by atoms with Crippen LogP contribution in [0, 0.1) is 0 Å². The van der Waals surface area contributed by atoms with E-state index in [1.54, 1.807) is 0 Å². The monoisotopic (exact) mass is 1000 g/mol. The number of carbonyl (C=O) groups excluding carboxylic acids is 3. The van der Waals surface area contributed by atoms with Crippen LogP contribution in [0.1, 0.15) is 367 Å². The quantitative estimate of drug-likeness (QED) is 0.0261. The fraction of sp³-hybridized carbons (Fsp3) is 0.923. The van der Waals surface area contributed by atoms with Gasteiger partial charge in [-0.15, -0.1) is 0 Å². The molecule has 1 atom stereocenters. The third-order valence-corrected chi connectivity index (χ3v) is 14.8. The minimum Gasteiger partial charge on any atom is -0.462 e. The molecule has 6 nitrogen and oxygen atoms in total. The zero-order valence-electron chi connectivity index (χ0n) is 48.3. The van der Waals surface area contributed by atoms with Crippen LogP contribution in [0.2, 0.25) is 0 Å². The molecule has 0 aliphatic heterocycles. The van der Waals surface area contributed by atoms with Gasteiger partial charge in [0.1, 0.15) is 13.2 Å². The Kier molecular flexibility index (Phi) is 59.1. The highest BCUT2D eigenvalue weighted by molar-refractivity contribution is 5.71. The summed E-state index contributed by atoms with van der Waals surface area (Å²) in [6, 6.07) is 0. The Hall–Kier alpha value is -1.85. The predicted octanol–water partition coefficient (Wildman–Crippen LogP) is 21.7. The van der Waals surface area contributed by atoms with Gasteiger partial charge in [-0.1, -0.05) is 315 Å². The van der Waals surface area contributed by atoms with Crippen molar-refractivity contribution in [2.45, 2.75) is 374 Å². The fourth-order valence-electron chi connectivity index (χ4n) is 9.91. The van der Waals surface area contributed by atoms with Crippen molar-refractivity contribution in [2.24, 2.45) is 0 Å². The summed E-state index contributed by atoms with van der Waals surface area (Å²) in [4.78, 5) is 38.2. The average Bonchev–Trinajstić information content (AvgIpc) is 3.37. The van der Waals surface area contributed by atoms with Crippen molar-refractivity contribution < 1.29 is 28.6 Å². The van der Waals surface area contributed by atoms with Gasteiger partial charge in [0.2, 0.25) is 0 Å². The zero-order chi connectivity index (χ0) is 51.4. The lowest BCUT2D eigenvalue weighted by molar-refractivity contribution is -0.167. The summed E-state index contributed by atoms with van der Waals surface area (Å²) >= 11 is 0. The summed E-state index contributed by atoms with van der Waals surface area (Å²) in [5, 5.41) is 0. The predicted molar refractivity (Wildman–Crippen MR) is 307 cm³/mol. The number of carbonyl (C=O) groups is 3. The number of hydrogen-bond donors (Lipinski definition) is 0. The summed E-state index contributed by atoms with van der Waals surface area (Å²) in [5.41, 5.74) is 0. The molecule has 0 heterocycles. The van der Waals surface area contributed by atoms with Crippen LogP contribution in [-0.2, 0) is 28.6 Å². The second kappa shape index (κ2) is 60.7. The maximum atomic E-state index is 12.9. The SMILES string of the molecule is CCCCCC/C=C\CCCCCCCC(=O)OCC(COC(=O)CCCCCCCCCCCCCCCCCCCCCCCCCCC)OC(=O)CCCCCCCCCCCCCCCCC. The molecular formula is C65H124O6. The van der Waals surface area contributed by atoms with Crippen molar-refractivity contribution in [1.29, 1.82) is 0 Å². The summed E-state index contributed by atoms with van der Waals surface area (Å²) in [6.45, 7) is 6.69. The maximum absolute atomic E-state index is 12.9. The first-order chi connectivity index (χ1) is 35.0. The van der Waals surface area contributed by atoms with Crippen molar-refractivity contribution in [3.05, 3.63) is 12.2 Å². The molecule has 0 saturated heterocycles. The highest BCUT2D eigenvalue weighted by Crippen LogP contribution is 2.18. The summed E-state index contributed by atoms with van der Waals surface area (Å²) in [5.74, 6) is -0.846. The zero-order valence-corrected chi connectivity index (χ0v) is 48.3. The second-order valence-electron chi connectivity index (χ2n) is 22.0. The standard InChI is InChI=1S/C65H124O6/c1-4-7-10-13-16-19-22-25-27-28-29-30-31-32-33-34-35-36-38-40-43-46-49-52-55-58-64(67)70-61-62(60-69-63(66)57-54-51-48-45-42-39-24-21-18-15-12-9-6-3)71-65(68)59-56-53-50-47-44-41-37-26-23-20-17-14-11-8-5-2/h21,24,62H,4-20,22-23,25-61H2,1-3H3/b24-21-. The Labute approximate surface area is 443 Å². The lowest BCUT2D eigenvalue weighted by Gasteiger charge is -2.18. The van der Waals surface area contributed by atoms with Crippen LogP contribution >= 0.6 is 0 Å². The van der Waals surface area contributed by atoms with E-state index in [0.717, 1.165) is 64.2 Å². The Morgan fingerprint density at radius 3 is 0.718 bits per heavy atom. The van der Waals surface area contributed by atoms with Crippen LogP contribution in [0.3, 0.4) is 0 Å². The minimum atomic E-state index is -0.768. The Bertz CT molecular complexity index is 1100. The lowest BCUT2D eigenvalue weighted by atomic mass is 10.0. The number of unbranched alkanes of at least 4 members (excludes halogenated alkanes) is 47. The van der Waals surface area contributed by atoms with Gasteiger partial charge in [0.25, 0.3) is 0 Å². The van der Waals surface area contributed by atoms with Gasteiger partial charge in [0, 0.05) is 19.3 Å². The first-order valence-corrected chi connectivity index (χ1v) is 32.2. The van der Waals surface area contributed by atoms with Crippen molar-refractivity contribution in [3.63, 3.8) is 0 Å². The number of allylic oxidation sites excluding steroid dienone is 2. The molecule has 0 N–H and O–H groups in total. The van der Waals surface area contributed by atoms with Crippen LogP contribution in [0.25, 0.3) is 0 Å². The van der Waals surface area contributed by atoms with Crippen molar-refractivity contribution in [1.82, 2.24) is 0 Å². The van der Waals surface area contributed by atoms with E-state index in [4.69, 9.17) is 14.2 Å². The maximum Gasteiger partial charge on any atom is 0.306 e. The van der Waals surface area contributed by atoms with E-state index in [-0.39, 0.29) is 31.1 Å². The van der Waals surface area contributed by atoms with E-state index in [0.29, 0.717) is 19.3 Å². The molecule has 0 aliphatic carbocycles. The van der Waals surface area contributed by atoms with Crippen LogP contribution in [0.5, 0.6) is 0 Å². The van der Waals surface area contributed by atoms with Crippen molar-refractivity contribution in [3.8, 4) is 0 Å². The highest BCUT2D eigenvalue weighted by Gasteiger charge is 2.19. The number of ether oxygens (including phenoxy) is 3. The third kappa shape index (κ3) is 58.9. The van der Waals surface area contributed by atoms with E-state index >= 15 is 0 Å². The van der Waals surface area contributed by atoms with Gasteiger partial charge in [0.05, 0.1) is 0 Å². The summed E-state index contributed by atoms with van der Waals surface area (Å²) in [7, 11) is 0. The smallest absolute Gasteiger partial charge is 0.306 e. The molecule has 71 heavy (non-hydrogen) atoms.